The maximum atomic E-state index is 12.1. The molecule has 0 radical (unpaired) electrons. The molecule has 1 unspecified atom stereocenters. The molecule has 1 fully saturated rings. The van der Waals surface area contributed by atoms with E-state index in [-0.39, 0.29) is 17.5 Å². The van der Waals surface area contributed by atoms with Crippen LogP contribution in [0.2, 0.25) is 0 Å². The molecule has 0 saturated carbocycles. The SMILES string of the molecule is O=C(O)c1ccc(CNC2CC(=O)N(CCOc3ccccc3)C2)cc1. The predicted molar refractivity (Wildman–Crippen MR) is 97.2 cm³/mol. The van der Waals surface area contributed by atoms with E-state index in [0.29, 0.717) is 32.7 Å². The highest BCUT2D eigenvalue weighted by molar-refractivity contribution is 5.87. The van der Waals surface area contributed by atoms with Gasteiger partial charge < -0.3 is 20.1 Å². The third kappa shape index (κ3) is 4.83. The lowest BCUT2D eigenvalue weighted by Gasteiger charge is -2.17. The molecule has 0 bridgehead atoms. The van der Waals surface area contributed by atoms with E-state index in [1.54, 1.807) is 24.3 Å². The minimum absolute atomic E-state index is 0.0957. The van der Waals surface area contributed by atoms with Crippen molar-refractivity contribution in [2.75, 3.05) is 19.7 Å². The summed E-state index contributed by atoms with van der Waals surface area (Å²) in [5, 5.41) is 12.3. The molecule has 1 atom stereocenters. The molecule has 6 heteroatoms. The first-order valence-electron chi connectivity index (χ1n) is 8.63. The zero-order valence-corrected chi connectivity index (χ0v) is 14.4. The first kappa shape index (κ1) is 17.9. The Bertz CT molecular complexity index is 746. The Hall–Kier alpha value is -2.86. The number of ether oxygens (including phenoxy) is 1. The van der Waals surface area contributed by atoms with Crippen molar-refractivity contribution in [1.29, 1.82) is 0 Å². The lowest BCUT2D eigenvalue weighted by atomic mass is 10.1. The van der Waals surface area contributed by atoms with E-state index in [1.807, 2.05) is 35.2 Å². The molecular formula is C20H22N2O4. The van der Waals surface area contributed by atoms with E-state index < -0.39 is 5.97 Å². The highest BCUT2D eigenvalue weighted by Gasteiger charge is 2.28. The van der Waals surface area contributed by atoms with Crippen molar-refractivity contribution in [1.82, 2.24) is 10.2 Å². The number of hydrogen-bond acceptors (Lipinski definition) is 4. The van der Waals surface area contributed by atoms with Crippen LogP contribution in [0, 0.1) is 0 Å². The van der Waals surface area contributed by atoms with Crippen molar-refractivity contribution in [3.63, 3.8) is 0 Å². The van der Waals surface area contributed by atoms with E-state index in [2.05, 4.69) is 5.32 Å². The molecule has 0 aromatic heterocycles. The second-order valence-electron chi connectivity index (χ2n) is 6.29. The minimum atomic E-state index is -0.931. The average molecular weight is 354 g/mol. The standard InChI is InChI=1S/C20H22N2O4/c23-19-12-17(21-13-15-6-8-16(9-7-15)20(24)25)14-22(19)10-11-26-18-4-2-1-3-5-18/h1-9,17,21H,10-14H2,(H,24,25). The zero-order valence-electron chi connectivity index (χ0n) is 14.4. The number of aromatic carboxylic acids is 1. The van der Waals surface area contributed by atoms with Crippen molar-refractivity contribution in [2.24, 2.45) is 0 Å². The summed E-state index contributed by atoms with van der Waals surface area (Å²) in [7, 11) is 0. The van der Waals surface area contributed by atoms with Crippen LogP contribution in [0.3, 0.4) is 0 Å². The molecule has 136 valence electrons. The normalized spacial score (nSPS) is 16.7. The molecule has 6 nitrogen and oxygen atoms in total. The fraction of sp³-hybridized carbons (Fsp3) is 0.300. The summed E-state index contributed by atoms with van der Waals surface area (Å²) in [4.78, 5) is 24.8. The number of carboxylic acids is 1. The van der Waals surface area contributed by atoms with Crippen LogP contribution in [0.4, 0.5) is 0 Å². The third-order valence-electron chi connectivity index (χ3n) is 4.38. The first-order valence-corrected chi connectivity index (χ1v) is 8.63. The second-order valence-corrected chi connectivity index (χ2v) is 6.29. The van der Waals surface area contributed by atoms with Gasteiger partial charge >= 0.3 is 5.97 Å². The molecule has 2 N–H and O–H groups in total. The molecule has 3 rings (SSSR count). The van der Waals surface area contributed by atoms with Crippen molar-refractivity contribution < 1.29 is 19.4 Å². The van der Waals surface area contributed by atoms with Gasteiger partial charge in [0.25, 0.3) is 0 Å². The Kier molecular flexibility index (Phi) is 5.86. The fourth-order valence-corrected chi connectivity index (χ4v) is 2.94. The fourth-order valence-electron chi connectivity index (χ4n) is 2.94. The van der Waals surface area contributed by atoms with E-state index in [4.69, 9.17) is 9.84 Å². The van der Waals surface area contributed by atoms with Crippen LogP contribution in [0.25, 0.3) is 0 Å². The smallest absolute Gasteiger partial charge is 0.335 e. The number of nitrogens with zero attached hydrogens (tertiary/aromatic N) is 1. The zero-order chi connectivity index (χ0) is 18.4. The number of nitrogens with one attached hydrogen (secondary N) is 1. The van der Waals surface area contributed by atoms with Gasteiger partial charge in [-0.05, 0) is 29.8 Å². The Labute approximate surface area is 152 Å². The lowest BCUT2D eigenvalue weighted by Crippen LogP contribution is -2.34. The van der Waals surface area contributed by atoms with Crippen LogP contribution < -0.4 is 10.1 Å². The lowest BCUT2D eigenvalue weighted by molar-refractivity contribution is -0.128. The molecule has 26 heavy (non-hydrogen) atoms. The summed E-state index contributed by atoms with van der Waals surface area (Å²) in [6.45, 7) is 2.30. The largest absolute Gasteiger partial charge is 0.492 e. The van der Waals surface area contributed by atoms with E-state index in [1.165, 1.54) is 0 Å². The summed E-state index contributed by atoms with van der Waals surface area (Å²) in [6.07, 6.45) is 0.471. The molecule has 1 aliphatic heterocycles. The number of hydrogen-bond donors (Lipinski definition) is 2. The van der Waals surface area contributed by atoms with E-state index in [0.717, 1.165) is 11.3 Å². The number of amides is 1. The summed E-state index contributed by atoms with van der Waals surface area (Å²) in [6, 6.07) is 16.4. The molecule has 1 heterocycles. The summed E-state index contributed by atoms with van der Waals surface area (Å²) in [5.74, 6) is -0.00159. The van der Waals surface area contributed by atoms with Crippen molar-refractivity contribution in [3.05, 3.63) is 65.7 Å². The van der Waals surface area contributed by atoms with Gasteiger partial charge in [-0.15, -0.1) is 0 Å². The Balaban J connectivity index is 1.42. The highest BCUT2D eigenvalue weighted by atomic mass is 16.5. The van der Waals surface area contributed by atoms with Gasteiger partial charge in [0.1, 0.15) is 12.4 Å². The molecule has 0 spiro atoms. The monoisotopic (exact) mass is 354 g/mol. The Morgan fingerprint density at radius 1 is 1.15 bits per heavy atom. The Morgan fingerprint density at radius 3 is 2.58 bits per heavy atom. The Morgan fingerprint density at radius 2 is 1.88 bits per heavy atom. The maximum absolute atomic E-state index is 12.1. The molecule has 1 amide bonds. The predicted octanol–water partition coefficient (Wildman–Crippen LogP) is 2.15. The number of rotatable bonds is 8. The van der Waals surface area contributed by atoms with Crippen LogP contribution >= 0.6 is 0 Å². The maximum Gasteiger partial charge on any atom is 0.335 e. The van der Waals surface area contributed by atoms with Crippen LogP contribution in [-0.2, 0) is 11.3 Å². The van der Waals surface area contributed by atoms with Crippen molar-refractivity contribution in [2.45, 2.75) is 19.0 Å². The van der Waals surface area contributed by atoms with Gasteiger partial charge in [0.15, 0.2) is 0 Å². The molecule has 2 aromatic carbocycles. The number of para-hydroxylation sites is 1. The number of benzene rings is 2. The van der Waals surface area contributed by atoms with Gasteiger partial charge in [0.2, 0.25) is 5.91 Å². The number of carbonyl (C=O) groups is 2. The van der Waals surface area contributed by atoms with Crippen LogP contribution in [-0.4, -0.2) is 47.6 Å². The molecule has 2 aromatic rings. The van der Waals surface area contributed by atoms with Gasteiger partial charge in [-0.1, -0.05) is 30.3 Å². The van der Waals surface area contributed by atoms with E-state index in [9.17, 15) is 9.59 Å². The van der Waals surface area contributed by atoms with Crippen molar-refractivity contribution >= 4 is 11.9 Å². The van der Waals surface area contributed by atoms with Crippen LogP contribution in [0.1, 0.15) is 22.3 Å². The summed E-state index contributed by atoms with van der Waals surface area (Å²) >= 11 is 0. The van der Waals surface area contributed by atoms with E-state index >= 15 is 0 Å². The number of carbonyl (C=O) groups excluding carboxylic acids is 1. The van der Waals surface area contributed by atoms with Gasteiger partial charge in [0.05, 0.1) is 12.1 Å². The second kappa shape index (κ2) is 8.49. The number of likely N-dealkylation sites (tertiary alicyclic amines) is 1. The van der Waals surface area contributed by atoms with Gasteiger partial charge in [0, 0.05) is 25.6 Å². The quantitative estimate of drug-likeness (QED) is 0.759. The topological polar surface area (TPSA) is 78.9 Å². The average Bonchev–Trinajstić information content (AvgIpc) is 3.01. The van der Waals surface area contributed by atoms with Crippen molar-refractivity contribution in [3.8, 4) is 5.75 Å². The van der Waals surface area contributed by atoms with Crippen LogP contribution in [0.15, 0.2) is 54.6 Å². The van der Waals surface area contributed by atoms with Gasteiger partial charge in [-0.25, -0.2) is 4.79 Å². The molecule has 1 aliphatic rings. The highest BCUT2D eigenvalue weighted by Crippen LogP contribution is 2.13. The number of carboxylic acid groups (broad SMARTS) is 1. The van der Waals surface area contributed by atoms with Crippen LogP contribution in [0.5, 0.6) is 5.75 Å². The minimum Gasteiger partial charge on any atom is -0.492 e. The first-order chi connectivity index (χ1) is 12.6. The molecule has 0 aliphatic carbocycles. The third-order valence-corrected chi connectivity index (χ3v) is 4.38. The summed E-state index contributed by atoms with van der Waals surface area (Å²) in [5.41, 5.74) is 1.27. The molecule has 1 saturated heterocycles. The molecular weight excluding hydrogens is 332 g/mol. The summed E-state index contributed by atoms with van der Waals surface area (Å²) < 4.78 is 5.65. The van der Waals surface area contributed by atoms with Gasteiger partial charge in [-0.2, -0.15) is 0 Å². The van der Waals surface area contributed by atoms with Gasteiger partial charge in [-0.3, -0.25) is 4.79 Å².